The highest BCUT2D eigenvalue weighted by Crippen LogP contribution is 2.68. The molecule has 8 atom stereocenters. The van der Waals surface area contributed by atoms with Crippen LogP contribution in [0.3, 0.4) is 0 Å². The number of Topliss-reactive ketones (excluding diaryl/α,β-unsaturated/α-hetero) is 1. The molecule has 3 fully saturated rings. The number of hydrogen-bond donors (Lipinski definition) is 1. The fourth-order valence-corrected chi connectivity index (χ4v) is 7.89. The normalized spacial score (nSPS) is 44.1. The average molecular weight is 465 g/mol. The maximum absolute atomic E-state index is 15.5. The molecule has 0 saturated heterocycles. The van der Waals surface area contributed by atoms with E-state index in [0.29, 0.717) is 24.8 Å². The minimum Gasteiger partial charge on any atom is -0.458 e. The van der Waals surface area contributed by atoms with Gasteiger partial charge < -0.3 is 14.6 Å². The second-order valence-electron chi connectivity index (χ2n) is 10.8. The first-order valence-corrected chi connectivity index (χ1v) is 11.8. The molecule has 1 N–H and O–H groups in total. The van der Waals surface area contributed by atoms with E-state index in [1.54, 1.807) is 0 Å². The zero-order valence-electron chi connectivity index (χ0n) is 19.7. The molecule has 0 heterocycles. The van der Waals surface area contributed by atoms with Gasteiger partial charge in [-0.05, 0) is 66.9 Å². The van der Waals surface area contributed by atoms with Crippen LogP contribution in [0.2, 0.25) is 0 Å². The number of allylic oxidation sites excluding steroid dienone is 1. The van der Waals surface area contributed by atoms with Gasteiger partial charge in [0.05, 0.1) is 6.10 Å². The van der Waals surface area contributed by atoms with Crippen molar-refractivity contribution in [3.8, 4) is 0 Å². The number of rotatable bonds is 4. The molecule has 8 heteroatoms. The van der Waals surface area contributed by atoms with Crippen LogP contribution < -0.4 is 0 Å². The van der Waals surface area contributed by atoms with Crippen molar-refractivity contribution in [3.63, 3.8) is 0 Å². The quantitative estimate of drug-likeness (QED) is 0.638. The molecular formula is C25H33FO7. The van der Waals surface area contributed by atoms with Crippen molar-refractivity contribution < 1.29 is 38.1 Å². The van der Waals surface area contributed by atoms with Crippen LogP contribution in [0.15, 0.2) is 11.6 Å². The van der Waals surface area contributed by atoms with E-state index >= 15 is 4.39 Å². The van der Waals surface area contributed by atoms with Crippen molar-refractivity contribution in [2.75, 3.05) is 6.61 Å². The van der Waals surface area contributed by atoms with Crippen LogP contribution in [-0.4, -0.2) is 53.1 Å². The first kappa shape index (κ1) is 24.0. The Balaban J connectivity index is 1.75. The highest BCUT2D eigenvalue weighted by Gasteiger charge is 2.71. The molecule has 182 valence electrons. The van der Waals surface area contributed by atoms with E-state index in [1.165, 1.54) is 19.9 Å². The van der Waals surface area contributed by atoms with E-state index in [9.17, 15) is 24.3 Å². The number of fused-ring (bicyclic) bond motifs is 5. The lowest BCUT2D eigenvalue weighted by atomic mass is 9.45. The van der Waals surface area contributed by atoms with Crippen LogP contribution in [0.5, 0.6) is 0 Å². The van der Waals surface area contributed by atoms with Gasteiger partial charge >= 0.3 is 11.9 Å². The number of carbonyl (C=O) groups excluding carboxylic acids is 4. The number of ether oxygens (including phenoxy) is 2. The topological polar surface area (TPSA) is 107 Å². The van der Waals surface area contributed by atoms with Gasteiger partial charge in [-0.2, -0.15) is 0 Å². The first-order valence-electron chi connectivity index (χ1n) is 11.8. The molecule has 0 aromatic heterocycles. The molecule has 0 aromatic carbocycles. The molecule has 4 rings (SSSR count). The van der Waals surface area contributed by atoms with Gasteiger partial charge in [0, 0.05) is 25.7 Å². The smallest absolute Gasteiger partial charge is 0.303 e. The molecular weight excluding hydrogens is 431 g/mol. The number of esters is 2. The number of ketones is 2. The van der Waals surface area contributed by atoms with E-state index < -0.39 is 53.0 Å². The highest BCUT2D eigenvalue weighted by atomic mass is 19.1. The highest BCUT2D eigenvalue weighted by molar-refractivity contribution is 5.93. The molecule has 0 aromatic rings. The zero-order valence-corrected chi connectivity index (χ0v) is 19.7. The molecule has 3 saturated carbocycles. The summed E-state index contributed by atoms with van der Waals surface area (Å²) in [5.41, 5.74) is -2.63. The van der Waals surface area contributed by atoms with Gasteiger partial charge in [0.25, 0.3) is 0 Å². The Morgan fingerprint density at radius 3 is 2.52 bits per heavy atom. The fraction of sp³-hybridized carbons (Fsp3) is 0.760. The van der Waals surface area contributed by atoms with Gasteiger partial charge in [-0.25, -0.2) is 4.39 Å². The number of aliphatic hydroxyl groups is 1. The van der Waals surface area contributed by atoms with Crippen molar-refractivity contribution in [2.24, 2.45) is 28.6 Å². The van der Waals surface area contributed by atoms with Gasteiger partial charge in [-0.1, -0.05) is 13.8 Å². The van der Waals surface area contributed by atoms with Crippen molar-refractivity contribution in [1.82, 2.24) is 0 Å². The molecule has 0 spiro atoms. The maximum atomic E-state index is 15.5. The summed E-state index contributed by atoms with van der Waals surface area (Å²) in [6.07, 6.45) is 1.21. The third-order valence-corrected chi connectivity index (χ3v) is 9.17. The van der Waals surface area contributed by atoms with Gasteiger partial charge in [0.1, 0.15) is 6.17 Å². The van der Waals surface area contributed by atoms with E-state index in [4.69, 9.17) is 9.47 Å². The average Bonchev–Trinajstić information content (AvgIpc) is 2.99. The van der Waals surface area contributed by atoms with Crippen molar-refractivity contribution in [2.45, 2.75) is 84.1 Å². The van der Waals surface area contributed by atoms with Crippen LogP contribution in [0.4, 0.5) is 4.39 Å². The van der Waals surface area contributed by atoms with Crippen molar-refractivity contribution >= 4 is 23.5 Å². The monoisotopic (exact) mass is 464 g/mol. The summed E-state index contributed by atoms with van der Waals surface area (Å²) in [6, 6.07) is 0. The molecule has 33 heavy (non-hydrogen) atoms. The summed E-state index contributed by atoms with van der Waals surface area (Å²) in [6.45, 7) is 5.69. The largest absolute Gasteiger partial charge is 0.458 e. The SMILES string of the molecule is CC(=O)OCC(=O)[C@@]1(OC(C)=O)CC[C@H]2[C@@H]3C[C@H](F)C4=CC(=O)CC[C@]4(C)[C@H]3[C@@H](O)C[C@@]21C. The molecule has 0 amide bonds. The minimum absolute atomic E-state index is 0.0791. The van der Waals surface area contributed by atoms with Crippen molar-refractivity contribution in [1.29, 1.82) is 0 Å². The minimum atomic E-state index is -1.55. The van der Waals surface area contributed by atoms with Crippen LogP contribution in [0.1, 0.15) is 66.2 Å². The van der Waals surface area contributed by atoms with E-state index in [1.807, 2.05) is 13.8 Å². The maximum Gasteiger partial charge on any atom is 0.303 e. The Hall–Kier alpha value is -2.09. The molecule has 0 unspecified atom stereocenters. The standard InChI is InChI=1S/C25H33FO7/c1-13(27)32-12-21(31)25(33-14(2)28)8-6-17-16-10-19(26)18-9-15(29)5-7-23(18,3)22(16)20(30)11-24(17,25)4/h9,16-17,19-20,22,30H,5-8,10-12H2,1-4H3/t16-,17-,19-,20-,22+,23-,24-,25-/m0/s1. The van der Waals surface area contributed by atoms with Crippen LogP contribution in [0, 0.1) is 28.6 Å². The number of halogens is 1. The van der Waals surface area contributed by atoms with Gasteiger partial charge in [-0.15, -0.1) is 0 Å². The Labute approximate surface area is 193 Å². The number of carbonyl (C=O) groups is 4. The lowest BCUT2D eigenvalue weighted by Crippen LogP contribution is -2.64. The summed E-state index contributed by atoms with van der Waals surface area (Å²) < 4.78 is 26.2. The van der Waals surface area contributed by atoms with E-state index in [0.717, 1.165) is 0 Å². The number of aliphatic hydroxyl groups excluding tert-OH is 1. The van der Waals surface area contributed by atoms with E-state index in [-0.39, 0.29) is 42.8 Å². The summed E-state index contributed by atoms with van der Waals surface area (Å²) in [5.74, 6) is -2.48. The number of alkyl halides is 1. The first-order chi connectivity index (χ1) is 15.4. The predicted octanol–water partition coefficient (Wildman–Crippen LogP) is 2.87. The van der Waals surface area contributed by atoms with Crippen LogP contribution in [0.25, 0.3) is 0 Å². The Morgan fingerprint density at radius 2 is 1.88 bits per heavy atom. The molecule has 4 aliphatic carbocycles. The summed E-state index contributed by atoms with van der Waals surface area (Å²) in [7, 11) is 0. The number of hydrogen-bond acceptors (Lipinski definition) is 7. The summed E-state index contributed by atoms with van der Waals surface area (Å²) in [5, 5.41) is 11.5. The van der Waals surface area contributed by atoms with Gasteiger partial charge in [0.2, 0.25) is 5.78 Å². The van der Waals surface area contributed by atoms with Gasteiger partial charge in [-0.3, -0.25) is 19.2 Å². The Morgan fingerprint density at radius 1 is 1.18 bits per heavy atom. The molecule has 4 aliphatic rings. The van der Waals surface area contributed by atoms with Gasteiger partial charge in [0.15, 0.2) is 18.0 Å². The van der Waals surface area contributed by atoms with Crippen LogP contribution >= 0.6 is 0 Å². The van der Waals surface area contributed by atoms with Crippen molar-refractivity contribution in [3.05, 3.63) is 11.6 Å². The predicted molar refractivity (Wildman–Crippen MR) is 115 cm³/mol. The third kappa shape index (κ3) is 3.47. The second kappa shape index (κ2) is 8.00. The summed E-state index contributed by atoms with van der Waals surface area (Å²) in [4.78, 5) is 48.8. The third-order valence-electron chi connectivity index (χ3n) is 9.17. The second-order valence-corrected chi connectivity index (χ2v) is 10.8. The molecule has 0 bridgehead atoms. The summed E-state index contributed by atoms with van der Waals surface area (Å²) >= 11 is 0. The lowest BCUT2D eigenvalue weighted by molar-refractivity contribution is -0.203. The zero-order chi connectivity index (χ0) is 24.3. The molecule has 7 nitrogen and oxygen atoms in total. The fourth-order valence-electron chi connectivity index (χ4n) is 7.89. The molecule has 0 aliphatic heterocycles. The Kier molecular flexibility index (Phi) is 5.83. The van der Waals surface area contributed by atoms with E-state index in [2.05, 4.69) is 0 Å². The molecule has 0 radical (unpaired) electrons. The van der Waals surface area contributed by atoms with Crippen LogP contribution in [-0.2, 0) is 28.7 Å². The lowest BCUT2D eigenvalue weighted by Gasteiger charge is -2.61. The Bertz CT molecular complexity index is 928.